The summed E-state index contributed by atoms with van der Waals surface area (Å²) in [5.41, 5.74) is 3.13. The maximum atomic E-state index is 11.8. The third-order valence-electron chi connectivity index (χ3n) is 3.53. The van der Waals surface area contributed by atoms with E-state index in [1.165, 1.54) is 12.1 Å². The molecule has 1 heterocycles. The fourth-order valence-electron chi connectivity index (χ4n) is 2.42. The highest BCUT2D eigenvalue weighted by Crippen LogP contribution is 2.34. The maximum Gasteiger partial charge on any atom is 0.281 e. The Morgan fingerprint density at radius 2 is 1.71 bits per heavy atom. The van der Waals surface area contributed by atoms with Gasteiger partial charge in [-0.05, 0) is 31.0 Å². The summed E-state index contributed by atoms with van der Waals surface area (Å²) in [6.07, 6.45) is 0.0148. The number of rotatable bonds is 4. The summed E-state index contributed by atoms with van der Waals surface area (Å²) < 4.78 is 31.8. The van der Waals surface area contributed by atoms with Crippen molar-refractivity contribution in [3.8, 4) is 22.4 Å². The summed E-state index contributed by atoms with van der Waals surface area (Å²) in [5.74, 6) is 0.627. The van der Waals surface area contributed by atoms with E-state index in [0.29, 0.717) is 11.5 Å². The van der Waals surface area contributed by atoms with Gasteiger partial charge in [-0.1, -0.05) is 47.6 Å². The van der Waals surface area contributed by atoms with Crippen molar-refractivity contribution in [1.29, 1.82) is 0 Å². The molecule has 122 valence electrons. The molecule has 0 unspecified atom stereocenters. The highest BCUT2D eigenvalue weighted by Gasteiger charge is 2.17. The average Bonchev–Trinajstić information content (AvgIpc) is 2.97. The summed E-state index contributed by atoms with van der Waals surface area (Å²) in [7, 11) is -3.95. The Hall–Kier alpha value is -2.93. The first kappa shape index (κ1) is 15.9. The van der Waals surface area contributed by atoms with Gasteiger partial charge in [0.05, 0.1) is 10.5 Å². The minimum Gasteiger partial charge on any atom is -0.864 e. The van der Waals surface area contributed by atoms with Gasteiger partial charge in [-0.15, -0.1) is 0 Å². The second kappa shape index (κ2) is 6.29. The fraction of sp³-hybridized carbons (Fsp3) is 0.0588. The van der Waals surface area contributed by atoms with Crippen LogP contribution in [0.3, 0.4) is 0 Å². The lowest BCUT2D eigenvalue weighted by Crippen LogP contribution is -2.03. The van der Waals surface area contributed by atoms with Gasteiger partial charge >= 0.3 is 0 Å². The molecule has 24 heavy (non-hydrogen) atoms. The van der Waals surface area contributed by atoms with Crippen LogP contribution in [0.25, 0.3) is 22.4 Å². The topological polar surface area (TPSA) is 95.6 Å². The molecule has 0 saturated heterocycles. The molecule has 0 N–H and O–H groups in total. The van der Waals surface area contributed by atoms with Crippen molar-refractivity contribution in [3.05, 3.63) is 60.4 Å². The lowest BCUT2D eigenvalue weighted by Gasteiger charge is -2.05. The van der Waals surface area contributed by atoms with E-state index in [2.05, 4.69) is 9.55 Å². The summed E-state index contributed by atoms with van der Waals surface area (Å²) in [4.78, 5) is -0.0475. The minimum absolute atomic E-state index is 0.0148. The zero-order chi connectivity index (χ0) is 17.2. The molecule has 0 saturated carbocycles. The lowest BCUT2D eigenvalue weighted by molar-refractivity contribution is -0.200. The number of aromatic nitrogens is 1. The highest BCUT2D eigenvalue weighted by atomic mass is 32.2. The zero-order valence-electron chi connectivity index (χ0n) is 12.7. The molecular formula is C17H13N2O4S-. The molecular weight excluding hydrogens is 328 g/mol. The lowest BCUT2D eigenvalue weighted by atomic mass is 10.00. The molecule has 7 heteroatoms. The first-order valence-corrected chi connectivity index (χ1v) is 8.50. The molecule has 3 aromatic rings. The molecule has 0 amide bonds. The van der Waals surface area contributed by atoms with Crippen LogP contribution < -0.4 is 5.11 Å². The number of sulfonamides is 1. The molecule has 1 aromatic heterocycles. The van der Waals surface area contributed by atoms with E-state index in [1.54, 1.807) is 19.1 Å². The average molecular weight is 341 g/mol. The van der Waals surface area contributed by atoms with Crippen molar-refractivity contribution in [2.45, 2.75) is 11.8 Å². The molecule has 0 aliphatic rings. The Kier molecular flexibility index (Phi) is 4.18. The second-order valence-corrected chi connectivity index (χ2v) is 6.67. The van der Waals surface area contributed by atoms with Crippen LogP contribution in [0.5, 0.6) is 0 Å². The van der Waals surface area contributed by atoms with Crippen LogP contribution in [0.4, 0.5) is 0 Å². The summed E-state index contributed by atoms with van der Waals surface area (Å²) in [6.45, 7) is 1.79. The van der Waals surface area contributed by atoms with Gasteiger partial charge < -0.3 is 9.63 Å². The second-order valence-electron chi connectivity index (χ2n) is 5.04. The first-order chi connectivity index (χ1) is 11.5. The van der Waals surface area contributed by atoms with Crippen molar-refractivity contribution in [1.82, 2.24) is 5.16 Å². The van der Waals surface area contributed by atoms with Crippen molar-refractivity contribution in [2.24, 2.45) is 4.40 Å². The standard InChI is InChI=1S/C17H14N2O4S/c1-12-16(17(19-23-12)14-5-3-2-4-6-14)13-7-9-15(10-8-13)24(21,22)18-11-20/h2-11H,1H3,(H,18,20)/p-1. The van der Waals surface area contributed by atoms with Crippen LogP contribution in [0.15, 0.2) is 68.4 Å². The van der Waals surface area contributed by atoms with E-state index in [9.17, 15) is 13.5 Å². The predicted molar refractivity (Wildman–Crippen MR) is 87.8 cm³/mol. The van der Waals surface area contributed by atoms with Crippen LogP contribution >= 0.6 is 0 Å². The molecule has 0 bridgehead atoms. The van der Waals surface area contributed by atoms with Crippen LogP contribution in [0.2, 0.25) is 0 Å². The van der Waals surface area contributed by atoms with Gasteiger partial charge in [-0.25, -0.2) is 0 Å². The number of aryl methyl sites for hydroxylation is 1. The number of hydrogen-bond donors (Lipinski definition) is 0. The van der Waals surface area contributed by atoms with Crippen LogP contribution in [0.1, 0.15) is 5.76 Å². The van der Waals surface area contributed by atoms with E-state index in [0.717, 1.165) is 16.7 Å². The van der Waals surface area contributed by atoms with Crippen LogP contribution in [0, 0.1) is 6.92 Å². The normalized spacial score (nSPS) is 11.9. The number of benzene rings is 2. The SMILES string of the molecule is Cc1onc(-c2ccccc2)c1-c1ccc(S(=O)(=O)/N=C\[O-])cc1. The van der Waals surface area contributed by atoms with Gasteiger partial charge in [-0.2, -0.15) is 12.8 Å². The van der Waals surface area contributed by atoms with Crippen molar-refractivity contribution < 1.29 is 18.0 Å². The van der Waals surface area contributed by atoms with Crippen molar-refractivity contribution >= 4 is 16.4 Å². The Balaban J connectivity index is 2.07. The third kappa shape index (κ3) is 2.93. The van der Waals surface area contributed by atoms with Gasteiger partial charge in [0.15, 0.2) is 0 Å². The van der Waals surface area contributed by atoms with Gasteiger partial charge in [0, 0.05) is 5.56 Å². The summed E-state index contributed by atoms with van der Waals surface area (Å²) in [5, 5.41) is 14.4. The highest BCUT2D eigenvalue weighted by molar-refractivity contribution is 7.90. The van der Waals surface area contributed by atoms with E-state index in [1.807, 2.05) is 30.3 Å². The minimum atomic E-state index is -3.95. The van der Waals surface area contributed by atoms with E-state index in [-0.39, 0.29) is 11.3 Å². The zero-order valence-corrected chi connectivity index (χ0v) is 13.5. The van der Waals surface area contributed by atoms with Gasteiger partial charge in [-0.3, -0.25) is 0 Å². The smallest absolute Gasteiger partial charge is 0.281 e. The number of hydrogen-bond acceptors (Lipinski definition) is 5. The van der Waals surface area contributed by atoms with E-state index in [4.69, 9.17) is 4.52 Å². The summed E-state index contributed by atoms with van der Waals surface area (Å²) >= 11 is 0. The van der Waals surface area contributed by atoms with Gasteiger partial charge in [0.25, 0.3) is 10.0 Å². The molecule has 0 radical (unpaired) electrons. The Labute approximate surface area is 139 Å². The van der Waals surface area contributed by atoms with E-state index < -0.39 is 10.0 Å². The van der Waals surface area contributed by atoms with Gasteiger partial charge in [0.2, 0.25) is 0 Å². The molecule has 2 aromatic carbocycles. The van der Waals surface area contributed by atoms with Crippen LogP contribution in [-0.2, 0) is 10.0 Å². The maximum absolute atomic E-state index is 11.8. The fourth-order valence-corrected chi connectivity index (χ4v) is 3.13. The molecule has 0 spiro atoms. The van der Waals surface area contributed by atoms with E-state index >= 15 is 0 Å². The largest absolute Gasteiger partial charge is 0.864 e. The molecule has 6 nitrogen and oxygen atoms in total. The summed E-state index contributed by atoms with van der Waals surface area (Å²) in [6, 6.07) is 15.6. The van der Waals surface area contributed by atoms with Crippen LogP contribution in [-0.4, -0.2) is 20.0 Å². The third-order valence-corrected chi connectivity index (χ3v) is 4.76. The first-order valence-electron chi connectivity index (χ1n) is 7.06. The van der Waals surface area contributed by atoms with Crippen molar-refractivity contribution in [2.75, 3.05) is 0 Å². The Bertz CT molecular complexity index is 975. The quantitative estimate of drug-likeness (QED) is 0.536. The van der Waals surface area contributed by atoms with Crippen molar-refractivity contribution in [3.63, 3.8) is 0 Å². The monoisotopic (exact) mass is 341 g/mol. The predicted octanol–water partition coefficient (Wildman–Crippen LogP) is 2.39. The Morgan fingerprint density at radius 1 is 1.04 bits per heavy atom. The number of nitrogens with zero attached hydrogens (tertiary/aromatic N) is 2. The van der Waals surface area contributed by atoms with Gasteiger partial charge in [0.1, 0.15) is 11.5 Å². The molecule has 0 aliphatic heterocycles. The molecule has 0 atom stereocenters. The molecule has 3 rings (SSSR count). The molecule has 0 aliphatic carbocycles. The Morgan fingerprint density at radius 3 is 2.33 bits per heavy atom. The molecule has 0 fully saturated rings.